The molecule has 0 saturated heterocycles. The van der Waals surface area contributed by atoms with Crippen LogP contribution in [-0.2, 0) is 10.8 Å². The first kappa shape index (κ1) is 34.6. The summed E-state index contributed by atoms with van der Waals surface area (Å²) in [5.74, 6) is 1.85. The minimum Gasteiger partial charge on any atom is -0.507 e. The van der Waals surface area contributed by atoms with Crippen molar-refractivity contribution in [3.8, 4) is 23.0 Å². The predicted octanol–water partition coefficient (Wildman–Crippen LogP) is 9.95. The summed E-state index contributed by atoms with van der Waals surface area (Å²) in [5.41, 5.74) is 11.5. The van der Waals surface area contributed by atoms with E-state index in [1.807, 2.05) is 79.7 Å². The summed E-state index contributed by atoms with van der Waals surface area (Å²) < 4.78 is 0. The molecular weight excluding hydrogens is 544 g/mol. The van der Waals surface area contributed by atoms with Crippen LogP contribution in [0.1, 0.15) is 101 Å². The Balaban J connectivity index is 0.000000241. The molecule has 0 aromatic heterocycles. The van der Waals surface area contributed by atoms with Gasteiger partial charge in [0.15, 0.2) is 0 Å². The van der Waals surface area contributed by atoms with E-state index in [2.05, 4.69) is 58.9 Å². The van der Waals surface area contributed by atoms with Crippen LogP contribution < -0.4 is 0 Å². The Morgan fingerprint density at radius 3 is 0.750 bits per heavy atom. The average Bonchev–Trinajstić information content (AvgIpc) is 2.94. The Bertz CT molecular complexity index is 1480. The van der Waals surface area contributed by atoms with Crippen LogP contribution in [0.15, 0.2) is 48.5 Å². The fraction of sp³-hybridized carbons (Fsp3) is 0.400. The van der Waals surface area contributed by atoms with Crippen LogP contribution in [0.3, 0.4) is 0 Å². The number of benzene rings is 4. The molecule has 0 atom stereocenters. The molecule has 44 heavy (non-hydrogen) atoms. The van der Waals surface area contributed by atoms with E-state index in [0.717, 1.165) is 44.5 Å². The summed E-state index contributed by atoms with van der Waals surface area (Å²) in [7, 11) is 0. The van der Waals surface area contributed by atoms with Crippen molar-refractivity contribution in [3.63, 3.8) is 0 Å². The van der Waals surface area contributed by atoms with Gasteiger partial charge < -0.3 is 20.4 Å². The van der Waals surface area contributed by atoms with Gasteiger partial charge in [0, 0.05) is 10.8 Å². The second-order valence-corrected chi connectivity index (χ2v) is 13.8. The maximum absolute atomic E-state index is 10.1. The summed E-state index contributed by atoms with van der Waals surface area (Å²) in [6, 6.07) is 16.5. The monoisotopic (exact) mass is 596 g/mol. The summed E-state index contributed by atoms with van der Waals surface area (Å²) in [4.78, 5) is 0. The molecule has 0 spiro atoms. The lowest BCUT2D eigenvalue weighted by Gasteiger charge is -2.36. The highest BCUT2D eigenvalue weighted by Crippen LogP contribution is 2.43. The van der Waals surface area contributed by atoms with Gasteiger partial charge in [-0.2, -0.15) is 0 Å². The maximum Gasteiger partial charge on any atom is 0.121 e. The highest BCUT2D eigenvalue weighted by atomic mass is 16.3. The molecule has 4 N–H and O–H groups in total. The van der Waals surface area contributed by atoms with Gasteiger partial charge in [0.25, 0.3) is 0 Å². The van der Waals surface area contributed by atoms with Gasteiger partial charge in [0.1, 0.15) is 23.0 Å². The summed E-state index contributed by atoms with van der Waals surface area (Å²) in [6.45, 7) is 26.5. The molecule has 4 heteroatoms. The van der Waals surface area contributed by atoms with Crippen LogP contribution in [0.2, 0.25) is 0 Å². The van der Waals surface area contributed by atoms with Crippen molar-refractivity contribution in [2.75, 3.05) is 0 Å². The minimum atomic E-state index is -0.188. The lowest BCUT2D eigenvalue weighted by Crippen LogP contribution is -2.30. The smallest absolute Gasteiger partial charge is 0.121 e. The van der Waals surface area contributed by atoms with Crippen LogP contribution >= 0.6 is 0 Å². The van der Waals surface area contributed by atoms with Gasteiger partial charge in [-0.1, -0.05) is 83.1 Å². The lowest BCUT2D eigenvalue weighted by molar-refractivity contribution is 0.401. The fourth-order valence-electron chi connectivity index (χ4n) is 6.14. The molecule has 0 aliphatic carbocycles. The first-order valence-electron chi connectivity index (χ1n) is 15.5. The van der Waals surface area contributed by atoms with E-state index in [1.54, 1.807) is 0 Å². The van der Waals surface area contributed by atoms with Crippen LogP contribution in [0.4, 0.5) is 0 Å². The second-order valence-electron chi connectivity index (χ2n) is 13.8. The van der Waals surface area contributed by atoms with Gasteiger partial charge in [-0.25, -0.2) is 0 Å². The number of hydrogen-bond donors (Lipinski definition) is 4. The molecule has 0 aliphatic rings. The zero-order chi connectivity index (χ0) is 33.5. The lowest BCUT2D eigenvalue weighted by atomic mass is 9.67. The fourth-order valence-corrected chi connectivity index (χ4v) is 6.14. The first-order valence-corrected chi connectivity index (χ1v) is 15.5. The van der Waals surface area contributed by atoms with Crippen molar-refractivity contribution in [1.29, 1.82) is 0 Å². The number of rotatable bonds is 5. The molecule has 4 nitrogen and oxygen atoms in total. The molecule has 0 fully saturated rings. The molecule has 0 unspecified atom stereocenters. The highest BCUT2D eigenvalue weighted by molar-refractivity contribution is 5.53. The zero-order valence-corrected chi connectivity index (χ0v) is 29.0. The molecule has 0 amide bonds. The number of hydrogen-bond acceptors (Lipinski definition) is 4. The third-order valence-electron chi connectivity index (χ3n) is 9.76. The molecule has 0 saturated carbocycles. The van der Waals surface area contributed by atoms with E-state index in [0.29, 0.717) is 28.9 Å². The largest absolute Gasteiger partial charge is 0.507 e. The molecule has 0 heterocycles. The molecule has 236 valence electrons. The summed E-state index contributed by atoms with van der Waals surface area (Å²) >= 11 is 0. The van der Waals surface area contributed by atoms with Gasteiger partial charge in [-0.3, -0.25) is 0 Å². The van der Waals surface area contributed by atoms with Crippen molar-refractivity contribution in [1.82, 2.24) is 0 Å². The van der Waals surface area contributed by atoms with Gasteiger partial charge in [-0.05, 0) is 128 Å². The van der Waals surface area contributed by atoms with Crippen molar-refractivity contribution in [2.45, 2.75) is 101 Å². The minimum absolute atomic E-state index is 0.188. The van der Waals surface area contributed by atoms with E-state index in [1.165, 1.54) is 22.3 Å². The zero-order valence-electron chi connectivity index (χ0n) is 29.0. The SMILES string of the molecule is Cc1cc(C(C)(C)c2cc(C)c(O)c(C)c2)cc(C)c1O.Cc1cc(C(C)(c2cc(C)c(O)c(C)c2)C(C)C)cc(C)c1O. The van der Waals surface area contributed by atoms with E-state index >= 15 is 0 Å². The van der Waals surface area contributed by atoms with Crippen LogP contribution in [0.5, 0.6) is 23.0 Å². The molecule has 4 aromatic rings. The van der Waals surface area contributed by atoms with Crippen molar-refractivity contribution in [2.24, 2.45) is 5.92 Å². The van der Waals surface area contributed by atoms with E-state index in [4.69, 9.17) is 0 Å². The molecular formula is C40H52O4. The molecule has 4 rings (SSSR count). The van der Waals surface area contributed by atoms with E-state index in [9.17, 15) is 20.4 Å². The van der Waals surface area contributed by atoms with E-state index in [-0.39, 0.29) is 10.8 Å². The molecule has 0 bridgehead atoms. The molecule has 0 radical (unpaired) electrons. The van der Waals surface area contributed by atoms with Crippen molar-refractivity contribution < 1.29 is 20.4 Å². The van der Waals surface area contributed by atoms with Crippen LogP contribution in [-0.4, -0.2) is 20.4 Å². The number of aryl methyl sites for hydroxylation is 8. The number of phenols is 4. The first-order chi connectivity index (χ1) is 20.2. The average molecular weight is 597 g/mol. The van der Waals surface area contributed by atoms with Crippen molar-refractivity contribution >= 4 is 0 Å². The van der Waals surface area contributed by atoms with Gasteiger partial charge in [-0.15, -0.1) is 0 Å². The standard InChI is InChI=1S/C21H28O2.C19H24O2/c1-12(2)21(7,17-8-13(3)19(22)14(4)9-17)18-10-15(5)20(23)16(6)11-18;1-11-7-15(8-12(2)17(11)20)19(5,6)16-9-13(3)18(21)14(4)10-16/h8-12,22-23H,1-7H3;7-10,20-21H,1-6H3. The Hall–Kier alpha value is -3.92. The second kappa shape index (κ2) is 12.6. The maximum atomic E-state index is 10.1. The third kappa shape index (κ3) is 6.45. The molecule has 0 aliphatic heterocycles. The van der Waals surface area contributed by atoms with E-state index < -0.39 is 0 Å². The number of phenolic OH excluding ortho intramolecular Hbond substituents is 4. The highest BCUT2D eigenvalue weighted by Gasteiger charge is 2.34. The quantitative estimate of drug-likeness (QED) is 0.185. The molecule has 4 aromatic carbocycles. The third-order valence-corrected chi connectivity index (χ3v) is 9.76. The Morgan fingerprint density at radius 2 is 0.568 bits per heavy atom. The van der Waals surface area contributed by atoms with Crippen molar-refractivity contribution in [3.05, 3.63) is 115 Å². The summed E-state index contributed by atoms with van der Waals surface area (Å²) in [6.07, 6.45) is 0. The van der Waals surface area contributed by atoms with Gasteiger partial charge in [0.05, 0.1) is 0 Å². The van der Waals surface area contributed by atoms with Gasteiger partial charge in [0.2, 0.25) is 0 Å². The summed E-state index contributed by atoms with van der Waals surface area (Å²) in [5, 5.41) is 40.1. The normalized spacial score (nSPS) is 11.9. The van der Waals surface area contributed by atoms with Crippen LogP contribution in [0, 0.1) is 61.3 Å². The number of aromatic hydroxyl groups is 4. The predicted molar refractivity (Wildman–Crippen MR) is 184 cm³/mol. The Morgan fingerprint density at radius 1 is 0.386 bits per heavy atom. The van der Waals surface area contributed by atoms with Crippen LogP contribution in [0.25, 0.3) is 0 Å². The Kier molecular flexibility index (Phi) is 9.89. The Labute approximate surface area is 265 Å². The topological polar surface area (TPSA) is 80.9 Å². The van der Waals surface area contributed by atoms with Gasteiger partial charge >= 0.3 is 0 Å².